The van der Waals surface area contributed by atoms with Crippen LogP contribution in [0.15, 0.2) is 60.7 Å². The van der Waals surface area contributed by atoms with Crippen LogP contribution in [0.25, 0.3) is 17.2 Å². The van der Waals surface area contributed by atoms with Crippen molar-refractivity contribution >= 4 is 35.7 Å². The lowest BCUT2D eigenvalue weighted by atomic mass is 10.0. The number of ether oxygens (including phenoxy) is 2. The Morgan fingerprint density at radius 2 is 1.46 bits per heavy atom. The standard InChI is InChI=1S/C31H39N3O7/c1-5-40-28(37)19-17-25(31(39)41-6-2)33-30(38)29(21(3)4)34-27(36)20-32-26(35)18-14-22-12-15-24(16-13-22)23-10-8-7-9-11-23/h7-16,18,21,25,29H,5-6,17,19-20H2,1-4H3,(H,32,35)(H,33,38)(H,34,36)/b18-14+/t25-,29+/m1/s1. The summed E-state index contributed by atoms with van der Waals surface area (Å²) < 4.78 is 9.90. The van der Waals surface area contributed by atoms with Crippen molar-refractivity contribution in [2.24, 2.45) is 5.92 Å². The van der Waals surface area contributed by atoms with Crippen molar-refractivity contribution in [3.05, 3.63) is 66.2 Å². The van der Waals surface area contributed by atoms with Crippen molar-refractivity contribution in [3.63, 3.8) is 0 Å². The van der Waals surface area contributed by atoms with Crippen LogP contribution >= 0.6 is 0 Å². The molecule has 0 aromatic heterocycles. The molecule has 0 aliphatic rings. The van der Waals surface area contributed by atoms with E-state index in [1.54, 1.807) is 33.8 Å². The minimum atomic E-state index is -1.09. The van der Waals surface area contributed by atoms with Crippen LogP contribution in [0.4, 0.5) is 0 Å². The van der Waals surface area contributed by atoms with Crippen LogP contribution < -0.4 is 16.0 Å². The Hall–Kier alpha value is -4.47. The Labute approximate surface area is 240 Å². The lowest BCUT2D eigenvalue weighted by Crippen LogP contribution is -2.55. The van der Waals surface area contributed by atoms with Gasteiger partial charge in [0.15, 0.2) is 0 Å². The normalized spacial score (nSPS) is 12.3. The molecule has 2 aromatic rings. The smallest absolute Gasteiger partial charge is 0.328 e. The molecule has 0 spiro atoms. The number of hydrogen-bond donors (Lipinski definition) is 3. The fraction of sp³-hybridized carbons (Fsp3) is 0.387. The SMILES string of the molecule is CCOC(=O)CC[C@@H](NC(=O)[C@@H](NC(=O)CNC(=O)/C=C/c1ccc(-c2ccccc2)cc1)C(C)C)C(=O)OCC. The van der Waals surface area contributed by atoms with E-state index in [9.17, 15) is 24.0 Å². The largest absolute Gasteiger partial charge is 0.466 e. The van der Waals surface area contributed by atoms with Gasteiger partial charge in [-0.05, 0) is 49.0 Å². The van der Waals surface area contributed by atoms with Gasteiger partial charge >= 0.3 is 11.9 Å². The van der Waals surface area contributed by atoms with Gasteiger partial charge in [0.05, 0.1) is 19.8 Å². The molecule has 0 radical (unpaired) electrons. The molecule has 0 aliphatic carbocycles. The second-order valence-electron chi connectivity index (χ2n) is 9.49. The molecule has 0 saturated carbocycles. The third-order valence-electron chi connectivity index (χ3n) is 5.96. The van der Waals surface area contributed by atoms with Gasteiger partial charge in [-0.15, -0.1) is 0 Å². The van der Waals surface area contributed by atoms with Gasteiger partial charge in [0, 0.05) is 12.5 Å². The Morgan fingerprint density at radius 3 is 2.07 bits per heavy atom. The lowest BCUT2D eigenvalue weighted by molar-refractivity contribution is -0.149. The number of rotatable bonds is 15. The van der Waals surface area contributed by atoms with Gasteiger partial charge in [0.25, 0.3) is 0 Å². The van der Waals surface area contributed by atoms with Crippen molar-refractivity contribution in [1.29, 1.82) is 0 Å². The maximum atomic E-state index is 13.0. The van der Waals surface area contributed by atoms with E-state index < -0.39 is 41.7 Å². The van der Waals surface area contributed by atoms with Crippen LogP contribution in [-0.4, -0.2) is 61.5 Å². The van der Waals surface area contributed by atoms with Gasteiger partial charge in [0.1, 0.15) is 12.1 Å². The Bertz CT molecular complexity index is 1190. The quantitative estimate of drug-likeness (QED) is 0.223. The Kier molecular flexibility index (Phi) is 13.8. The first-order chi connectivity index (χ1) is 19.6. The van der Waals surface area contributed by atoms with Crippen LogP contribution in [0, 0.1) is 5.92 Å². The van der Waals surface area contributed by atoms with Crippen LogP contribution in [0.1, 0.15) is 46.1 Å². The minimum Gasteiger partial charge on any atom is -0.466 e. The van der Waals surface area contributed by atoms with Gasteiger partial charge in [-0.25, -0.2) is 4.79 Å². The van der Waals surface area contributed by atoms with Crippen molar-refractivity contribution in [2.45, 2.75) is 52.6 Å². The molecule has 10 heteroatoms. The van der Waals surface area contributed by atoms with Crippen molar-refractivity contribution in [1.82, 2.24) is 16.0 Å². The average molecular weight is 566 g/mol. The third-order valence-corrected chi connectivity index (χ3v) is 5.96. The fourth-order valence-electron chi connectivity index (χ4n) is 3.82. The molecule has 3 amide bonds. The molecule has 220 valence electrons. The highest BCUT2D eigenvalue weighted by molar-refractivity contribution is 5.96. The molecule has 0 unspecified atom stereocenters. The minimum absolute atomic E-state index is 0.0143. The van der Waals surface area contributed by atoms with Crippen LogP contribution in [0.3, 0.4) is 0 Å². The zero-order valence-electron chi connectivity index (χ0n) is 24.0. The summed E-state index contributed by atoms with van der Waals surface area (Å²) in [5.74, 6) is -3.18. The summed E-state index contributed by atoms with van der Waals surface area (Å²) in [4.78, 5) is 61.9. The van der Waals surface area contributed by atoms with Crippen molar-refractivity contribution < 1.29 is 33.4 Å². The van der Waals surface area contributed by atoms with Crippen molar-refractivity contribution in [3.8, 4) is 11.1 Å². The van der Waals surface area contributed by atoms with Gasteiger partial charge in [-0.1, -0.05) is 68.4 Å². The number of carbonyl (C=O) groups is 5. The topological polar surface area (TPSA) is 140 Å². The molecular weight excluding hydrogens is 526 g/mol. The van der Waals surface area contributed by atoms with Crippen LogP contribution in [0.5, 0.6) is 0 Å². The predicted molar refractivity (Wildman–Crippen MR) is 155 cm³/mol. The van der Waals surface area contributed by atoms with E-state index >= 15 is 0 Å². The van der Waals surface area contributed by atoms with E-state index in [0.29, 0.717) is 0 Å². The second kappa shape index (κ2) is 17.3. The summed E-state index contributed by atoms with van der Waals surface area (Å²) in [6.45, 7) is 6.70. The zero-order chi connectivity index (χ0) is 30.2. The highest BCUT2D eigenvalue weighted by Gasteiger charge is 2.30. The molecule has 3 N–H and O–H groups in total. The molecule has 0 bridgehead atoms. The van der Waals surface area contributed by atoms with Gasteiger partial charge < -0.3 is 25.4 Å². The zero-order valence-corrected chi connectivity index (χ0v) is 24.0. The molecule has 2 aromatic carbocycles. The first-order valence-electron chi connectivity index (χ1n) is 13.7. The number of esters is 2. The molecule has 41 heavy (non-hydrogen) atoms. The summed E-state index contributed by atoms with van der Waals surface area (Å²) in [6, 6.07) is 15.5. The Balaban J connectivity index is 1.90. The molecule has 0 fully saturated rings. The molecule has 0 saturated heterocycles. The summed E-state index contributed by atoms with van der Waals surface area (Å²) in [6.07, 6.45) is 2.86. The summed E-state index contributed by atoms with van der Waals surface area (Å²) in [5, 5.41) is 7.66. The van der Waals surface area contributed by atoms with Gasteiger partial charge in [0.2, 0.25) is 17.7 Å². The van der Waals surface area contributed by atoms with E-state index in [-0.39, 0.29) is 38.5 Å². The third kappa shape index (κ3) is 11.7. The maximum absolute atomic E-state index is 13.0. The average Bonchev–Trinajstić information content (AvgIpc) is 2.96. The fourth-order valence-corrected chi connectivity index (χ4v) is 3.82. The predicted octanol–water partition coefficient (Wildman–Crippen LogP) is 3.02. The molecule has 0 aliphatic heterocycles. The number of benzene rings is 2. The Morgan fingerprint density at radius 1 is 0.829 bits per heavy atom. The summed E-state index contributed by atoms with van der Waals surface area (Å²) >= 11 is 0. The van der Waals surface area contributed by atoms with E-state index in [0.717, 1.165) is 16.7 Å². The lowest BCUT2D eigenvalue weighted by Gasteiger charge is -2.24. The molecule has 2 atom stereocenters. The van der Waals surface area contributed by atoms with Gasteiger partial charge in [-0.3, -0.25) is 19.2 Å². The monoisotopic (exact) mass is 565 g/mol. The molecule has 0 heterocycles. The first kappa shape index (κ1) is 32.7. The summed E-state index contributed by atoms with van der Waals surface area (Å²) in [7, 11) is 0. The first-order valence-corrected chi connectivity index (χ1v) is 13.7. The van der Waals surface area contributed by atoms with E-state index in [1.165, 1.54) is 6.08 Å². The number of carbonyl (C=O) groups excluding carboxylic acids is 5. The van der Waals surface area contributed by atoms with E-state index in [2.05, 4.69) is 16.0 Å². The van der Waals surface area contributed by atoms with Crippen molar-refractivity contribution in [2.75, 3.05) is 19.8 Å². The molecule has 2 rings (SSSR count). The number of nitrogens with one attached hydrogen (secondary N) is 3. The maximum Gasteiger partial charge on any atom is 0.328 e. The molecule has 10 nitrogen and oxygen atoms in total. The number of hydrogen-bond acceptors (Lipinski definition) is 7. The van der Waals surface area contributed by atoms with E-state index in [4.69, 9.17) is 9.47 Å². The van der Waals surface area contributed by atoms with E-state index in [1.807, 2.05) is 54.6 Å². The second-order valence-corrected chi connectivity index (χ2v) is 9.49. The number of amides is 3. The highest BCUT2D eigenvalue weighted by Crippen LogP contribution is 2.19. The van der Waals surface area contributed by atoms with Crippen LogP contribution in [0.2, 0.25) is 0 Å². The highest BCUT2D eigenvalue weighted by atomic mass is 16.5. The summed E-state index contributed by atoms with van der Waals surface area (Å²) in [5.41, 5.74) is 2.97. The van der Waals surface area contributed by atoms with Gasteiger partial charge in [-0.2, -0.15) is 0 Å². The molecular formula is C31H39N3O7. The van der Waals surface area contributed by atoms with Crippen LogP contribution in [-0.2, 0) is 33.4 Å².